The first-order valence-corrected chi connectivity index (χ1v) is 9.93. The lowest BCUT2D eigenvalue weighted by Crippen LogP contribution is -2.40. The molecule has 0 aliphatic carbocycles. The van der Waals surface area contributed by atoms with Crippen LogP contribution in [0.5, 0.6) is 0 Å². The van der Waals surface area contributed by atoms with E-state index >= 15 is 0 Å². The topological polar surface area (TPSA) is 97.5 Å². The number of imide groups is 1. The van der Waals surface area contributed by atoms with Crippen molar-refractivity contribution in [2.24, 2.45) is 0 Å². The van der Waals surface area contributed by atoms with Crippen LogP contribution >= 0.6 is 0 Å². The number of anilines is 1. The molecule has 0 fully saturated rings. The van der Waals surface area contributed by atoms with Crippen LogP contribution < -0.4 is 10.5 Å². The van der Waals surface area contributed by atoms with Crippen LogP contribution in [-0.4, -0.2) is 31.2 Å². The standard InChI is InChI=1S/C24H11N5O3/c30-22-15-7-6-13-17-14(24(32)29-20(13)27-19-21(29)26-11-10-25-19)8-9-16(18(15)17)23(31)28(22)12-4-2-1-3-5-12/h1-11H. The molecule has 8 heteroatoms. The van der Waals surface area contributed by atoms with Crippen LogP contribution in [0.4, 0.5) is 5.69 Å². The maximum atomic E-state index is 13.4. The number of para-hydroxylation sites is 1. The molecule has 8 nitrogen and oxygen atoms in total. The number of carbonyl (C=O) groups is 2. The summed E-state index contributed by atoms with van der Waals surface area (Å²) in [6, 6.07) is 15.5. The van der Waals surface area contributed by atoms with Gasteiger partial charge in [0.05, 0.1) is 5.69 Å². The molecule has 0 radical (unpaired) electrons. The number of aromatic nitrogens is 4. The largest absolute Gasteiger partial charge is 0.268 e. The Kier molecular flexibility index (Phi) is 3.03. The van der Waals surface area contributed by atoms with Crippen molar-refractivity contribution in [2.45, 2.75) is 0 Å². The predicted octanol–water partition coefficient (Wildman–Crippen LogP) is 3.18. The van der Waals surface area contributed by atoms with Gasteiger partial charge in [-0.15, -0.1) is 0 Å². The first kappa shape index (κ1) is 17.0. The summed E-state index contributed by atoms with van der Waals surface area (Å²) < 4.78 is 1.43. The summed E-state index contributed by atoms with van der Waals surface area (Å²) in [7, 11) is 0. The molecule has 150 valence electrons. The summed E-state index contributed by atoms with van der Waals surface area (Å²) in [6.45, 7) is 0. The molecule has 4 heterocycles. The number of carbonyl (C=O) groups excluding carboxylic acids is 2. The number of nitrogens with zero attached hydrogens (tertiary/aromatic N) is 5. The van der Waals surface area contributed by atoms with E-state index in [0.29, 0.717) is 55.3 Å². The SMILES string of the molecule is O=C1c2ccc3c(=O)n4c5nccnc5nc4c4ccc(c2c34)C(=O)N1c1ccccc1. The molecular weight excluding hydrogens is 406 g/mol. The summed E-state index contributed by atoms with van der Waals surface area (Å²) >= 11 is 0. The van der Waals surface area contributed by atoms with Gasteiger partial charge in [-0.3, -0.25) is 14.4 Å². The van der Waals surface area contributed by atoms with Gasteiger partial charge in [0.15, 0.2) is 16.9 Å². The maximum absolute atomic E-state index is 13.4. The number of benzene rings is 3. The molecular formula is C24H11N5O3. The second-order valence-electron chi connectivity index (χ2n) is 7.63. The normalized spacial score (nSPS) is 13.8. The summed E-state index contributed by atoms with van der Waals surface area (Å²) in [6.07, 6.45) is 3.03. The highest BCUT2D eigenvalue weighted by molar-refractivity contribution is 6.38. The third kappa shape index (κ3) is 1.91. The molecule has 0 saturated heterocycles. The van der Waals surface area contributed by atoms with Crippen molar-refractivity contribution < 1.29 is 9.59 Å². The summed E-state index contributed by atoms with van der Waals surface area (Å²) in [5, 5.41) is 2.09. The fourth-order valence-electron chi connectivity index (χ4n) is 4.67. The molecule has 0 N–H and O–H groups in total. The maximum Gasteiger partial charge on any atom is 0.266 e. The van der Waals surface area contributed by atoms with Crippen LogP contribution in [0.15, 0.2) is 71.8 Å². The van der Waals surface area contributed by atoms with Crippen molar-refractivity contribution in [2.75, 3.05) is 4.90 Å². The van der Waals surface area contributed by atoms with Crippen molar-refractivity contribution in [1.82, 2.24) is 19.4 Å². The molecule has 0 atom stereocenters. The predicted molar refractivity (Wildman–Crippen MR) is 118 cm³/mol. The lowest BCUT2D eigenvalue weighted by Gasteiger charge is -2.27. The van der Waals surface area contributed by atoms with Gasteiger partial charge in [-0.2, -0.15) is 0 Å². The second kappa shape index (κ2) is 5.70. The van der Waals surface area contributed by atoms with Crippen LogP contribution in [0.3, 0.4) is 0 Å². The van der Waals surface area contributed by atoms with Gasteiger partial charge in [-0.1, -0.05) is 18.2 Å². The molecule has 32 heavy (non-hydrogen) atoms. The molecule has 0 spiro atoms. The van der Waals surface area contributed by atoms with Crippen LogP contribution in [0.1, 0.15) is 20.7 Å². The number of imidazole rings is 1. The molecule has 6 aromatic rings. The second-order valence-corrected chi connectivity index (χ2v) is 7.63. The molecule has 1 aliphatic heterocycles. The summed E-state index contributed by atoms with van der Waals surface area (Å²) in [5.41, 5.74) is 2.05. The Labute approximate surface area is 178 Å². The Morgan fingerprint density at radius 1 is 0.656 bits per heavy atom. The van der Waals surface area contributed by atoms with Crippen LogP contribution in [0.2, 0.25) is 0 Å². The number of pyridine rings is 1. The van der Waals surface area contributed by atoms with Crippen molar-refractivity contribution >= 4 is 56.0 Å². The van der Waals surface area contributed by atoms with Gasteiger partial charge in [0.25, 0.3) is 17.4 Å². The molecule has 0 unspecified atom stereocenters. The highest BCUT2D eigenvalue weighted by Gasteiger charge is 2.35. The van der Waals surface area contributed by atoms with Crippen LogP contribution in [0, 0.1) is 0 Å². The van der Waals surface area contributed by atoms with E-state index < -0.39 is 11.8 Å². The van der Waals surface area contributed by atoms with E-state index in [4.69, 9.17) is 0 Å². The van der Waals surface area contributed by atoms with E-state index in [9.17, 15) is 14.4 Å². The lowest BCUT2D eigenvalue weighted by atomic mass is 9.90. The number of amides is 2. The van der Waals surface area contributed by atoms with Crippen molar-refractivity contribution in [3.63, 3.8) is 0 Å². The molecule has 2 amide bonds. The van der Waals surface area contributed by atoms with Crippen LogP contribution in [0.25, 0.3) is 38.5 Å². The Hall–Kier alpha value is -4.72. The van der Waals surface area contributed by atoms with Gasteiger partial charge in [-0.05, 0) is 36.4 Å². The van der Waals surface area contributed by atoms with Crippen molar-refractivity contribution in [3.05, 3.63) is 88.5 Å². The molecule has 3 aromatic carbocycles. The highest BCUT2D eigenvalue weighted by Crippen LogP contribution is 2.38. The zero-order chi connectivity index (χ0) is 21.6. The van der Waals surface area contributed by atoms with Crippen molar-refractivity contribution in [1.29, 1.82) is 0 Å². The van der Waals surface area contributed by atoms with E-state index in [0.717, 1.165) is 0 Å². The Morgan fingerprint density at radius 3 is 2.09 bits per heavy atom. The van der Waals surface area contributed by atoms with E-state index in [-0.39, 0.29) is 5.56 Å². The average Bonchev–Trinajstić information content (AvgIpc) is 3.22. The molecule has 0 bridgehead atoms. The summed E-state index contributed by atoms with van der Waals surface area (Å²) in [4.78, 5) is 54.4. The molecule has 7 rings (SSSR count). The Morgan fingerprint density at radius 2 is 1.34 bits per heavy atom. The Bertz CT molecular complexity index is 1820. The lowest BCUT2D eigenvalue weighted by molar-refractivity contribution is 0.0893. The molecule has 3 aromatic heterocycles. The van der Waals surface area contributed by atoms with Gasteiger partial charge >= 0.3 is 0 Å². The third-order valence-electron chi connectivity index (χ3n) is 6.01. The minimum atomic E-state index is -0.424. The van der Waals surface area contributed by atoms with Gasteiger partial charge in [0, 0.05) is 45.1 Å². The fraction of sp³-hybridized carbons (Fsp3) is 0. The summed E-state index contributed by atoms with van der Waals surface area (Å²) in [5.74, 6) is -0.848. The molecule has 0 saturated carbocycles. The monoisotopic (exact) mass is 417 g/mol. The fourth-order valence-corrected chi connectivity index (χ4v) is 4.67. The van der Waals surface area contributed by atoms with Crippen LogP contribution in [-0.2, 0) is 0 Å². The smallest absolute Gasteiger partial charge is 0.266 e. The van der Waals surface area contributed by atoms with Gasteiger partial charge < -0.3 is 0 Å². The van der Waals surface area contributed by atoms with E-state index in [2.05, 4.69) is 15.0 Å². The number of hydrogen-bond donors (Lipinski definition) is 0. The highest BCUT2D eigenvalue weighted by atomic mass is 16.2. The number of fused-ring (bicyclic) bond motifs is 4. The van der Waals surface area contributed by atoms with E-state index in [1.54, 1.807) is 48.5 Å². The van der Waals surface area contributed by atoms with Crippen molar-refractivity contribution in [3.8, 4) is 0 Å². The van der Waals surface area contributed by atoms with E-state index in [1.165, 1.54) is 21.7 Å². The van der Waals surface area contributed by atoms with Gasteiger partial charge in [0.1, 0.15) is 0 Å². The minimum absolute atomic E-state index is 0.315. The average molecular weight is 417 g/mol. The third-order valence-corrected chi connectivity index (χ3v) is 6.01. The Balaban J connectivity index is 1.64. The minimum Gasteiger partial charge on any atom is -0.268 e. The first-order valence-electron chi connectivity index (χ1n) is 9.93. The molecule has 1 aliphatic rings. The zero-order valence-corrected chi connectivity index (χ0v) is 16.3. The first-order chi connectivity index (χ1) is 15.6. The quantitative estimate of drug-likeness (QED) is 0.381. The van der Waals surface area contributed by atoms with Gasteiger partial charge in [0.2, 0.25) is 0 Å². The van der Waals surface area contributed by atoms with Gasteiger partial charge in [-0.25, -0.2) is 24.3 Å². The van der Waals surface area contributed by atoms with E-state index in [1.807, 2.05) is 6.07 Å². The number of rotatable bonds is 1. The zero-order valence-electron chi connectivity index (χ0n) is 16.3. The number of hydrogen-bond acceptors (Lipinski definition) is 6.